The van der Waals surface area contributed by atoms with Gasteiger partial charge in [-0.05, 0) is 46.3 Å². The molecule has 1 aliphatic rings. The van der Waals surface area contributed by atoms with E-state index in [1.54, 1.807) is 36.4 Å². The highest BCUT2D eigenvalue weighted by atomic mass is 79.9. The molecule has 3 rings (SSSR count). The van der Waals surface area contributed by atoms with Gasteiger partial charge in [0.1, 0.15) is 17.4 Å². The molecule has 1 N–H and O–H groups in total. The summed E-state index contributed by atoms with van der Waals surface area (Å²) in [6, 6.07) is 13.8. The SMILES string of the molecule is N#CCOc1c(Br)cc(Cl)cc1C=C1C(=O)NN(c2ccccc2)C1=O. The molecule has 0 aromatic heterocycles. The van der Waals surface area contributed by atoms with Crippen LogP contribution in [0.4, 0.5) is 5.69 Å². The van der Waals surface area contributed by atoms with Crippen LogP contribution in [0.1, 0.15) is 5.56 Å². The summed E-state index contributed by atoms with van der Waals surface area (Å²) in [6.45, 7) is -0.188. The van der Waals surface area contributed by atoms with E-state index in [0.29, 0.717) is 26.5 Å². The molecule has 0 atom stereocenters. The molecule has 2 amide bonds. The Balaban J connectivity index is 2.01. The fraction of sp³-hybridized carbons (Fsp3) is 0.0556. The lowest BCUT2D eigenvalue weighted by molar-refractivity contribution is -0.117. The molecule has 2 aromatic carbocycles. The molecule has 0 aliphatic carbocycles. The number of hydrazine groups is 1. The quantitative estimate of drug-likeness (QED) is 0.592. The second-order valence-corrected chi connectivity index (χ2v) is 6.52. The number of anilines is 1. The van der Waals surface area contributed by atoms with Crippen molar-refractivity contribution in [1.29, 1.82) is 5.26 Å². The predicted molar refractivity (Wildman–Crippen MR) is 100 cm³/mol. The molecule has 130 valence electrons. The topological polar surface area (TPSA) is 82.4 Å². The molecule has 2 aromatic rings. The molecular weight excluding hydrogens is 422 g/mol. The number of amides is 2. The number of ether oxygens (including phenoxy) is 1. The summed E-state index contributed by atoms with van der Waals surface area (Å²) in [5.74, 6) is -0.716. The Bertz CT molecular complexity index is 954. The van der Waals surface area contributed by atoms with E-state index in [2.05, 4.69) is 21.4 Å². The van der Waals surface area contributed by atoms with Gasteiger partial charge in [0.05, 0.1) is 10.2 Å². The summed E-state index contributed by atoms with van der Waals surface area (Å²) in [4.78, 5) is 24.9. The third-order valence-corrected chi connectivity index (χ3v) is 4.33. The number of para-hydroxylation sites is 1. The Morgan fingerprint density at radius 2 is 2.00 bits per heavy atom. The number of hydrogen-bond donors (Lipinski definition) is 1. The first kappa shape index (κ1) is 18.0. The van der Waals surface area contributed by atoms with Gasteiger partial charge < -0.3 is 4.74 Å². The minimum absolute atomic E-state index is 0.0650. The van der Waals surface area contributed by atoms with Gasteiger partial charge >= 0.3 is 0 Å². The van der Waals surface area contributed by atoms with E-state index in [4.69, 9.17) is 21.6 Å². The van der Waals surface area contributed by atoms with Crippen LogP contribution >= 0.6 is 27.5 Å². The average molecular weight is 433 g/mol. The monoisotopic (exact) mass is 431 g/mol. The molecule has 26 heavy (non-hydrogen) atoms. The number of hydrogen-bond acceptors (Lipinski definition) is 4. The molecule has 0 radical (unpaired) electrons. The van der Waals surface area contributed by atoms with E-state index in [9.17, 15) is 9.59 Å². The Kier molecular flexibility index (Phi) is 5.26. The van der Waals surface area contributed by atoms with Gasteiger partial charge in [-0.25, -0.2) is 5.01 Å². The van der Waals surface area contributed by atoms with Crippen LogP contribution in [0, 0.1) is 11.3 Å². The Labute approximate surface area is 162 Å². The van der Waals surface area contributed by atoms with Gasteiger partial charge in [0, 0.05) is 10.6 Å². The number of rotatable bonds is 4. The Hall–Kier alpha value is -2.82. The van der Waals surface area contributed by atoms with Crippen LogP contribution < -0.4 is 15.2 Å². The van der Waals surface area contributed by atoms with Crippen molar-refractivity contribution in [2.75, 3.05) is 11.6 Å². The van der Waals surface area contributed by atoms with E-state index in [-0.39, 0.29) is 12.2 Å². The van der Waals surface area contributed by atoms with Gasteiger partial charge in [-0.15, -0.1) is 0 Å². The second-order valence-electron chi connectivity index (χ2n) is 5.23. The van der Waals surface area contributed by atoms with E-state index in [0.717, 1.165) is 0 Å². The lowest BCUT2D eigenvalue weighted by Gasteiger charge is -2.14. The van der Waals surface area contributed by atoms with Crippen molar-refractivity contribution in [3.05, 3.63) is 63.1 Å². The van der Waals surface area contributed by atoms with Crippen molar-refractivity contribution in [3.8, 4) is 11.8 Å². The third-order valence-electron chi connectivity index (χ3n) is 3.52. The van der Waals surface area contributed by atoms with Crippen molar-refractivity contribution in [1.82, 2.24) is 5.43 Å². The number of nitriles is 1. The van der Waals surface area contributed by atoms with E-state index in [1.165, 1.54) is 11.1 Å². The normalized spacial score (nSPS) is 15.1. The van der Waals surface area contributed by atoms with Crippen LogP contribution in [0.25, 0.3) is 6.08 Å². The van der Waals surface area contributed by atoms with Gasteiger partial charge in [-0.3, -0.25) is 15.0 Å². The Morgan fingerprint density at radius 3 is 2.69 bits per heavy atom. The third kappa shape index (κ3) is 3.57. The first-order chi connectivity index (χ1) is 12.5. The number of halogens is 2. The van der Waals surface area contributed by atoms with E-state index >= 15 is 0 Å². The summed E-state index contributed by atoms with van der Waals surface area (Å²) in [7, 11) is 0. The Morgan fingerprint density at radius 1 is 1.27 bits per heavy atom. The van der Waals surface area contributed by atoms with Gasteiger partial charge in [0.15, 0.2) is 6.61 Å². The van der Waals surface area contributed by atoms with Gasteiger partial charge in [0.25, 0.3) is 11.8 Å². The molecule has 1 fully saturated rings. The molecule has 1 saturated heterocycles. The van der Waals surface area contributed by atoms with Crippen LogP contribution in [0.3, 0.4) is 0 Å². The standard InChI is InChI=1S/C18H11BrClN3O3/c19-15-10-12(20)8-11(16(15)26-7-6-21)9-14-17(24)22-23(18(14)25)13-4-2-1-3-5-13/h1-5,8-10H,7H2,(H,22,24). The molecule has 1 heterocycles. The fourth-order valence-corrected chi connectivity index (χ4v) is 3.36. The number of nitrogens with zero attached hydrogens (tertiary/aromatic N) is 2. The molecule has 6 nitrogen and oxygen atoms in total. The van der Waals surface area contributed by atoms with Gasteiger partial charge in [-0.1, -0.05) is 29.8 Å². The zero-order chi connectivity index (χ0) is 18.7. The highest BCUT2D eigenvalue weighted by Gasteiger charge is 2.34. The number of benzene rings is 2. The van der Waals surface area contributed by atoms with Crippen molar-refractivity contribution >= 4 is 51.1 Å². The molecule has 0 saturated carbocycles. The largest absolute Gasteiger partial charge is 0.477 e. The van der Waals surface area contributed by atoms with Gasteiger partial charge in [-0.2, -0.15) is 5.26 Å². The number of carbonyl (C=O) groups excluding carboxylic acids is 2. The lowest BCUT2D eigenvalue weighted by atomic mass is 10.1. The zero-order valence-corrected chi connectivity index (χ0v) is 15.5. The maximum absolute atomic E-state index is 12.7. The predicted octanol–water partition coefficient (Wildman–Crippen LogP) is 3.47. The lowest BCUT2D eigenvalue weighted by Crippen LogP contribution is -2.35. The molecule has 8 heteroatoms. The maximum atomic E-state index is 12.7. The molecular formula is C18H11BrClN3O3. The van der Waals surface area contributed by atoms with Crippen LogP contribution in [0.5, 0.6) is 5.75 Å². The summed E-state index contributed by atoms with van der Waals surface area (Å²) in [5.41, 5.74) is 3.41. The smallest absolute Gasteiger partial charge is 0.282 e. The maximum Gasteiger partial charge on any atom is 0.282 e. The highest BCUT2D eigenvalue weighted by Crippen LogP contribution is 2.35. The summed E-state index contributed by atoms with van der Waals surface area (Å²) < 4.78 is 5.91. The van der Waals surface area contributed by atoms with Crippen LogP contribution in [0.2, 0.25) is 5.02 Å². The van der Waals surface area contributed by atoms with E-state index < -0.39 is 11.8 Å². The first-order valence-corrected chi connectivity index (χ1v) is 8.59. The number of nitrogens with one attached hydrogen (secondary N) is 1. The minimum Gasteiger partial charge on any atom is -0.477 e. The van der Waals surface area contributed by atoms with Crippen molar-refractivity contribution in [3.63, 3.8) is 0 Å². The average Bonchev–Trinajstić information content (AvgIpc) is 2.90. The van der Waals surface area contributed by atoms with Gasteiger partial charge in [0.2, 0.25) is 0 Å². The molecule has 1 aliphatic heterocycles. The molecule has 0 unspecified atom stereocenters. The number of carbonyl (C=O) groups is 2. The summed E-state index contributed by atoms with van der Waals surface area (Å²) in [6.07, 6.45) is 1.39. The van der Waals surface area contributed by atoms with Crippen molar-refractivity contribution in [2.24, 2.45) is 0 Å². The molecule has 0 bridgehead atoms. The zero-order valence-electron chi connectivity index (χ0n) is 13.2. The summed E-state index contributed by atoms with van der Waals surface area (Å²) >= 11 is 9.38. The fourth-order valence-electron chi connectivity index (χ4n) is 2.42. The first-order valence-electron chi connectivity index (χ1n) is 7.42. The van der Waals surface area contributed by atoms with Crippen molar-refractivity contribution < 1.29 is 14.3 Å². The van der Waals surface area contributed by atoms with Crippen LogP contribution in [0.15, 0.2) is 52.5 Å². The highest BCUT2D eigenvalue weighted by molar-refractivity contribution is 9.10. The minimum atomic E-state index is -0.541. The van der Waals surface area contributed by atoms with Crippen LogP contribution in [-0.2, 0) is 9.59 Å². The van der Waals surface area contributed by atoms with Crippen molar-refractivity contribution in [2.45, 2.75) is 0 Å². The van der Waals surface area contributed by atoms with E-state index in [1.807, 2.05) is 12.1 Å². The second kappa shape index (κ2) is 7.60. The van der Waals surface area contributed by atoms with Crippen LogP contribution in [-0.4, -0.2) is 18.4 Å². The summed E-state index contributed by atoms with van der Waals surface area (Å²) in [5, 5.41) is 10.3. The molecule has 0 spiro atoms.